The molecule has 0 amide bonds. The van der Waals surface area contributed by atoms with Gasteiger partial charge in [-0.25, -0.2) is 4.79 Å². The minimum Gasteiger partial charge on any atom is -0.493 e. The molecule has 1 aromatic carbocycles. The Kier molecular flexibility index (Phi) is 4.56. The van der Waals surface area contributed by atoms with E-state index in [9.17, 15) is 4.79 Å². The molecule has 1 aliphatic rings. The summed E-state index contributed by atoms with van der Waals surface area (Å²) in [6.07, 6.45) is 4.39. The fourth-order valence-electron chi connectivity index (χ4n) is 2.71. The molecule has 0 saturated heterocycles. The molecule has 0 spiro atoms. The first-order valence-electron chi connectivity index (χ1n) is 7.33. The molecule has 1 aromatic heterocycles. The third-order valence-electron chi connectivity index (χ3n) is 3.85. The van der Waals surface area contributed by atoms with Gasteiger partial charge in [0.05, 0.1) is 18.8 Å². The third-order valence-corrected chi connectivity index (χ3v) is 4.51. The lowest BCUT2D eigenvalue weighted by atomic mass is 10.1. The van der Waals surface area contributed by atoms with Crippen molar-refractivity contribution in [2.45, 2.75) is 31.8 Å². The number of hydrogen-bond donors (Lipinski definition) is 1. The van der Waals surface area contributed by atoms with Crippen LogP contribution in [0, 0.1) is 0 Å². The molecule has 1 N–H and O–H groups in total. The summed E-state index contributed by atoms with van der Waals surface area (Å²) in [6, 6.07) is 4.98. The summed E-state index contributed by atoms with van der Waals surface area (Å²) in [5.74, 6) is 0.295. The molecule has 6 nitrogen and oxygen atoms in total. The molecule has 23 heavy (non-hydrogen) atoms. The molecule has 0 bridgehead atoms. The van der Waals surface area contributed by atoms with Gasteiger partial charge in [-0.05, 0) is 53.7 Å². The highest BCUT2D eigenvalue weighted by Gasteiger charge is 2.25. The number of hydrogen-bond acceptors (Lipinski definition) is 5. The van der Waals surface area contributed by atoms with Gasteiger partial charge in [-0.3, -0.25) is 0 Å². The Labute approximate surface area is 141 Å². The molecule has 122 valence electrons. The maximum absolute atomic E-state index is 11.0. The summed E-state index contributed by atoms with van der Waals surface area (Å²) in [5.41, 5.74) is 0.456. The molecule has 0 atom stereocenters. The zero-order valence-corrected chi connectivity index (χ0v) is 14.1. The van der Waals surface area contributed by atoms with Crippen LogP contribution in [0.15, 0.2) is 27.2 Å². The van der Waals surface area contributed by atoms with E-state index in [2.05, 4.69) is 21.1 Å². The molecule has 0 radical (unpaired) electrons. The predicted molar refractivity (Wildman–Crippen MR) is 86.0 cm³/mol. The van der Waals surface area contributed by atoms with E-state index in [0.717, 1.165) is 30.2 Å². The minimum absolute atomic E-state index is 0.124. The zero-order valence-electron chi connectivity index (χ0n) is 12.5. The quantitative estimate of drug-likeness (QED) is 0.837. The fraction of sp³-hybridized carbons (Fsp3) is 0.375. The van der Waals surface area contributed by atoms with Crippen molar-refractivity contribution in [3.63, 3.8) is 0 Å². The number of aromatic carboxylic acids is 1. The van der Waals surface area contributed by atoms with Crippen LogP contribution in [-0.2, 0) is 0 Å². The van der Waals surface area contributed by atoms with Crippen molar-refractivity contribution in [2.24, 2.45) is 0 Å². The second-order valence-electron chi connectivity index (χ2n) is 5.36. The monoisotopic (exact) mass is 381 g/mol. The highest BCUT2D eigenvalue weighted by atomic mass is 79.9. The number of nitrogens with zero attached hydrogens (tertiary/aromatic N) is 1. The van der Waals surface area contributed by atoms with Crippen LogP contribution in [0.4, 0.5) is 0 Å². The highest BCUT2D eigenvalue weighted by molar-refractivity contribution is 9.10. The number of halogens is 1. The number of carboxylic acid groups (broad SMARTS) is 1. The lowest BCUT2D eigenvalue weighted by Crippen LogP contribution is -2.12. The van der Waals surface area contributed by atoms with E-state index >= 15 is 0 Å². The first kappa shape index (κ1) is 15.9. The van der Waals surface area contributed by atoms with Crippen LogP contribution < -0.4 is 9.47 Å². The average molecular weight is 382 g/mol. The molecule has 0 aliphatic heterocycles. The number of methoxy groups -OCH3 is 1. The van der Waals surface area contributed by atoms with Gasteiger partial charge in [-0.2, -0.15) is 0 Å². The zero-order chi connectivity index (χ0) is 16.4. The Morgan fingerprint density at radius 3 is 2.74 bits per heavy atom. The van der Waals surface area contributed by atoms with Crippen LogP contribution in [-0.4, -0.2) is 29.4 Å². The van der Waals surface area contributed by atoms with E-state index in [1.807, 2.05) is 0 Å². The van der Waals surface area contributed by atoms with Crippen molar-refractivity contribution in [3.8, 4) is 22.8 Å². The smallest absolute Gasteiger partial charge is 0.358 e. The fourth-order valence-corrected chi connectivity index (χ4v) is 3.22. The van der Waals surface area contributed by atoms with Gasteiger partial charge in [-0.15, -0.1) is 0 Å². The van der Waals surface area contributed by atoms with Gasteiger partial charge in [0.1, 0.15) is 0 Å². The number of ether oxygens (including phenoxy) is 2. The molecular formula is C16H16BrNO5. The van der Waals surface area contributed by atoms with Gasteiger partial charge in [-0.1, -0.05) is 5.16 Å². The van der Waals surface area contributed by atoms with Gasteiger partial charge in [0.25, 0.3) is 0 Å². The van der Waals surface area contributed by atoms with Gasteiger partial charge in [0.2, 0.25) is 0 Å². The largest absolute Gasteiger partial charge is 0.493 e. The van der Waals surface area contributed by atoms with E-state index in [-0.39, 0.29) is 11.8 Å². The molecule has 1 heterocycles. The Bertz CT molecular complexity index is 721. The maximum Gasteiger partial charge on any atom is 0.358 e. The Morgan fingerprint density at radius 2 is 2.13 bits per heavy atom. The van der Waals surface area contributed by atoms with E-state index in [0.29, 0.717) is 22.8 Å². The Balaban J connectivity index is 2.07. The van der Waals surface area contributed by atoms with Crippen molar-refractivity contribution >= 4 is 21.9 Å². The van der Waals surface area contributed by atoms with Crippen molar-refractivity contribution in [1.82, 2.24) is 5.16 Å². The first-order chi connectivity index (χ1) is 11.1. The van der Waals surface area contributed by atoms with Crippen molar-refractivity contribution in [3.05, 3.63) is 28.4 Å². The molecule has 1 aliphatic carbocycles. The lowest BCUT2D eigenvalue weighted by molar-refractivity contribution is 0.0686. The standard InChI is InChI=1S/C16H16BrNO5/c1-21-12-7-6-10(17)14(13-8-11(16(19)20)18-23-13)15(12)22-9-4-2-3-5-9/h6-9H,2-5H2,1H3,(H,19,20). The van der Waals surface area contributed by atoms with E-state index in [4.69, 9.17) is 19.1 Å². The molecule has 1 fully saturated rings. The predicted octanol–water partition coefficient (Wildman–Crippen LogP) is 4.13. The van der Waals surface area contributed by atoms with E-state index < -0.39 is 5.97 Å². The normalized spacial score (nSPS) is 14.9. The molecule has 7 heteroatoms. The first-order valence-corrected chi connectivity index (χ1v) is 8.13. The SMILES string of the molecule is COc1ccc(Br)c(-c2cc(C(=O)O)no2)c1OC1CCCC1. The molecule has 2 aromatic rings. The number of benzene rings is 1. The second kappa shape index (κ2) is 6.62. The van der Waals surface area contributed by atoms with Gasteiger partial charge < -0.3 is 19.1 Å². The average Bonchev–Trinajstić information content (AvgIpc) is 3.19. The summed E-state index contributed by atoms with van der Waals surface area (Å²) in [6.45, 7) is 0. The number of carboxylic acids is 1. The molecule has 3 rings (SSSR count). The van der Waals surface area contributed by atoms with Crippen LogP contribution in [0.3, 0.4) is 0 Å². The highest BCUT2D eigenvalue weighted by Crippen LogP contribution is 2.44. The number of aromatic nitrogens is 1. The topological polar surface area (TPSA) is 81.8 Å². The number of carbonyl (C=O) groups is 1. The van der Waals surface area contributed by atoms with Crippen molar-refractivity contribution in [2.75, 3.05) is 7.11 Å². The Hall–Kier alpha value is -2.02. The molecule has 1 saturated carbocycles. The van der Waals surface area contributed by atoms with Crippen molar-refractivity contribution < 1.29 is 23.9 Å². The summed E-state index contributed by atoms with van der Waals surface area (Å²) in [7, 11) is 1.57. The molecular weight excluding hydrogens is 366 g/mol. The number of rotatable bonds is 5. The van der Waals surface area contributed by atoms with E-state index in [1.54, 1.807) is 19.2 Å². The second-order valence-corrected chi connectivity index (χ2v) is 6.21. The van der Waals surface area contributed by atoms with E-state index in [1.165, 1.54) is 6.07 Å². The summed E-state index contributed by atoms with van der Waals surface area (Å²) >= 11 is 3.47. The summed E-state index contributed by atoms with van der Waals surface area (Å²) in [5, 5.41) is 12.6. The van der Waals surface area contributed by atoms with Gasteiger partial charge in [0, 0.05) is 10.5 Å². The van der Waals surface area contributed by atoms with Crippen LogP contribution in [0.2, 0.25) is 0 Å². The minimum atomic E-state index is -1.14. The van der Waals surface area contributed by atoms with Crippen molar-refractivity contribution in [1.29, 1.82) is 0 Å². The van der Waals surface area contributed by atoms with Gasteiger partial charge in [0.15, 0.2) is 23.0 Å². The maximum atomic E-state index is 11.0. The van der Waals surface area contributed by atoms with Gasteiger partial charge >= 0.3 is 5.97 Å². The summed E-state index contributed by atoms with van der Waals surface area (Å²) < 4.78 is 17.5. The lowest BCUT2D eigenvalue weighted by Gasteiger charge is -2.19. The van der Waals surface area contributed by atoms with Crippen LogP contribution in [0.5, 0.6) is 11.5 Å². The molecule has 0 unspecified atom stereocenters. The van der Waals surface area contributed by atoms with Crippen LogP contribution >= 0.6 is 15.9 Å². The Morgan fingerprint density at radius 1 is 1.39 bits per heavy atom. The summed E-state index contributed by atoms with van der Waals surface area (Å²) in [4.78, 5) is 11.0. The van der Waals surface area contributed by atoms with Crippen LogP contribution in [0.25, 0.3) is 11.3 Å². The van der Waals surface area contributed by atoms with Crippen LogP contribution in [0.1, 0.15) is 36.2 Å². The third kappa shape index (κ3) is 3.19.